The highest BCUT2D eigenvalue weighted by Crippen LogP contribution is 2.22. The third kappa shape index (κ3) is 4.12. The summed E-state index contributed by atoms with van der Waals surface area (Å²) in [6.45, 7) is 0. The molecule has 6 heteroatoms. The van der Waals surface area contributed by atoms with Crippen molar-refractivity contribution in [2.45, 2.75) is 0 Å². The molecular weight excluding hydrogens is 499 g/mol. The highest BCUT2D eigenvalue weighted by molar-refractivity contribution is 14.1. The minimum absolute atomic E-state index is 0.231. The number of fused-ring (bicyclic) bond motifs is 1. The second-order valence-electron chi connectivity index (χ2n) is 5.09. The lowest BCUT2D eigenvalue weighted by molar-refractivity contribution is 0.0978. The molecule has 0 saturated carbocycles. The van der Waals surface area contributed by atoms with Crippen molar-refractivity contribution in [3.63, 3.8) is 0 Å². The molecule has 0 unspecified atom stereocenters. The first-order valence-electron chi connectivity index (χ1n) is 7.09. The van der Waals surface area contributed by atoms with E-state index in [9.17, 15) is 4.79 Å². The molecule has 3 nitrogen and oxygen atoms in total. The Kier molecular flexibility index (Phi) is 5.47. The molecule has 0 atom stereocenters. The second kappa shape index (κ2) is 7.58. The van der Waals surface area contributed by atoms with Crippen molar-refractivity contribution in [1.82, 2.24) is 5.32 Å². The summed E-state index contributed by atoms with van der Waals surface area (Å²) >= 11 is 10.9. The van der Waals surface area contributed by atoms with Crippen molar-refractivity contribution in [2.75, 3.05) is 5.32 Å². The molecule has 0 heterocycles. The van der Waals surface area contributed by atoms with Crippen molar-refractivity contribution >= 4 is 78.2 Å². The molecule has 3 aromatic rings. The van der Waals surface area contributed by atoms with Crippen LogP contribution in [0.4, 0.5) is 5.69 Å². The van der Waals surface area contributed by atoms with Gasteiger partial charge in [0.1, 0.15) is 0 Å². The van der Waals surface area contributed by atoms with Crippen LogP contribution in [0, 0.1) is 3.57 Å². The number of rotatable bonds is 2. The van der Waals surface area contributed by atoms with E-state index in [0.717, 1.165) is 24.5 Å². The molecule has 0 bridgehead atoms. The molecule has 0 aliphatic heterocycles. The Morgan fingerprint density at radius 2 is 1.75 bits per heavy atom. The Morgan fingerprint density at radius 1 is 1.00 bits per heavy atom. The number of anilines is 1. The van der Waals surface area contributed by atoms with E-state index in [2.05, 4.69) is 49.2 Å². The Hall–Kier alpha value is -1.51. The molecule has 120 valence electrons. The quantitative estimate of drug-likeness (QED) is 0.361. The average molecular weight is 511 g/mol. The summed E-state index contributed by atoms with van der Waals surface area (Å²) in [6, 6.07) is 19.3. The Bertz CT molecular complexity index is 945. The number of halogens is 2. The molecule has 0 aliphatic carbocycles. The fourth-order valence-corrected chi connectivity index (χ4v) is 3.89. The molecule has 0 saturated heterocycles. The molecule has 3 rings (SSSR count). The van der Waals surface area contributed by atoms with Gasteiger partial charge < -0.3 is 5.32 Å². The number of amides is 1. The summed E-state index contributed by atoms with van der Waals surface area (Å²) in [4.78, 5) is 12.4. The largest absolute Gasteiger partial charge is 0.332 e. The van der Waals surface area contributed by atoms with Crippen LogP contribution in [0.5, 0.6) is 0 Å². The summed E-state index contributed by atoms with van der Waals surface area (Å²) in [5, 5.41) is 8.15. The van der Waals surface area contributed by atoms with E-state index in [-0.39, 0.29) is 11.0 Å². The van der Waals surface area contributed by atoms with Gasteiger partial charge in [0.05, 0.1) is 5.69 Å². The average Bonchev–Trinajstić information content (AvgIpc) is 2.57. The van der Waals surface area contributed by atoms with E-state index < -0.39 is 0 Å². The monoisotopic (exact) mass is 510 g/mol. The van der Waals surface area contributed by atoms with Gasteiger partial charge in [-0.25, -0.2) is 0 Å². The summed E-state index contributed by atoms with van der Waals surface area (Å²) in [7, 11) is 0. The maximum Gasteiger partial charge on any atom is 0.257 e. The predicted molar refractivity (Wildman–Crippen MR) is 114 cm³/mol. The minimum Gasteiger partial charge on any atom is -0.332 e. The molecule has 0 radical (unpaired) electrons. The number of hydrogen-bond acceptors (Lipinski definition) is 2. The standard InChI is InChI=1S/C18H12BrIN2OS/c19-14-7-8-16(15(20)10-14)21-18(24)22-17(23)13-6-5-11-3-1-2-4-12(11)9-13/h1-10H,(H2,21,22,23,24). The lowest BCUT2D eigenvalue weighted by Gasteiger charge is -2.11. The predicted octanol–water partition coefficient (Wildman–Crippen LogP) is 5.33. The van der Waals surface area contributed by atoms with Crippen molar-refractivity contribution < 1.29 is 4.79 Å². The molecule has 3 aromatic carbocycles. The van der Waals surface area contributed by atoms with E-state index >= 15 is 0 Å². The van der Waals surface area contributed by atoms with Gasteiger partial charge in [0.15, 0.2) is 5.11 Å². The fraction of sp³-hybridized carbons (Fsp3) is 0. The molecule has 0 aliphatic rings. The van der Waals surface area contributed by atoms with Crippen molar-refractivity contribution in [1.29, 1.82) is 0 Å². The van der Waals surface area contributed by atoms with Crippen LogP contribution < -0.4 is 10.6 Å². The van der Waals surface area contributed by atoms with Crippen LogP contribution in [0.15, 0.2) is 65.1 Å². The number of thiocarbonyl (C=S) groups is 1. The van der Waals surface area contributed by atoms with Gasteiger partial charge in [0.2, 0.25) is 0 Å². The van der Waals surface area contributed by atoms with E-state index in [1.165, 1.54) is 0 Å². The number of carbonyl (C=O) groups is 1. The van der Waals surface area contributed by atoms with E-state index in [1.807, 2.05) is 54.6 Å². The van der Waals surface area contributed by atoms with Crippen LogP contribution in [0.25, 0.3) is 10.8 Å². The van der Waals surface area contributed by atoms with Gasteiger partial charge in [-0.15, -0.1) is 0 Å². The summed E-state index contributed by atoms with van der Waals surface area (Å²) < 4.78 is 1.99. The van der Waals surface area contributed by atoms with Crippen LogP contribution >= 0.6 is 50.7 Å². The van der Waals surface area contributed by atoms with Gasteiger partial charge in [0.25, 0.3) is 5.91 Å². The van der Waals surface area contributed by atoms with E-state index in [4.69, 9.17) is 12.2 Å². The first kappa shape index (κ1) is 17.3. The Labute approximate surface area is 167 Å². The molecule has 24 heavy (non-hydrogen) atoms. The summed E-state index contributed by atoms with van der Waals surface area (Å²) in [5.74, 6) is -0.231. The number of hydrogen-bond donors (Lipinski definition) is 2. The molecule has 0 fully saturated rings. The molecule has 0 spiro atoms. The topological polar surface area (TPSA) is 41.1 Å². The minimum atomic E-state index is -0.231. The van der Waals surface area contributed by atoms with Crippen molar-refractivity contribution in [3.05, 3.63) is 74.3 Å². The van der Waals surface area contributed by atoms with Crippen LogP contribution in [-0.2, 0) is 0 Å². The van der Waals surface area contributed by atoms with Gasteiger partial charge >= 0.3 is 0 Å². The number of benzene rings is 3. The van der Waals surface area contributed by atoms with Gasteiger partial charge in [-0.3, -0.25) is 10.1 Å². The Morgan fingerprint density at radius 3 is 2.50 bits per heavy atom. The lowest BCUT2D eigenvalue weighted by Crippen LogP contribution is -2.34. The second-order valence-corrected chi connectivity index (χ2v) is 7.58. The van der Waals surface area contributed by atoms with Crippen molar-refractivity contribution in [3.8, 4) is 0 Å². The van der Waals surface area contributed by atoms with Crippen LogP contribution in [0.2, 0.25) is 0 Å². The fourth-order valence-electron chi connectivity index (χ4n) is 2.25. The number of nitrogens with one attached hydrogen (secondary N) is 2. The zero-order chi connectivity index (χ0) is 17.1. The normalized spacial score (nSPS) is 10.4. The molecule has 1 amide bonds. The van der Waals surface area contributed by atoms with E-state index in [1.54, 1.807) is 6.07 Å². The zero-order valence-electron chi connectivity index (χ0n) is 12.3. The third-order valence-electron chi connectivity index (χ3n) is 3.42. The maximum absolute atomic E-state index is 12.4. The SMILES string of the molecule is O=C(NC(=S)Nc1ccc(Br)cc1I)c1ccc2ccccc2c1. The number of carbonyl (C=O) groups excluding carboxylic acids is 1. The van der Waals surface area contributed by atoms with Gasteiger partial charge in [-0.1, -0.05) is 46.3 Å². The highest BCUT2D eigenvalue weighted by atomic mass is 127. The first-order chi connectivity index (χ1) is 11.5. The van der Waals surface area contributed by atoms with Crippen LogP contribution in [0.3, 0.4) is 0 Å². The summed E-state index contributed by atoms with van der Waals surface area (Å²) in [6.07, 6.45) is 0. The first-order valence-corrected chi connectivity index (χ1v) is 9.37. The maximum atomic E-state index is 12.4. The zero-order valence-corrected chi connectivity index (χ0v) is 16.9. The highest BCUT2D eigenvalue weighted by Gasteiger charge is 2.10. The van der Waals surface area contributed by atoms with E-state index in [0.29, 0.717) is 5.56 Å². The van der Waals surface area contributed by atoms with Gasteiger partial charge in [-0.05, 0) is 75.9 Å². The molecular formula is C18H12BrIN2OS. The molecule has 0 aromatic heterocycles. The van der Waals surface area contributed by atoms with Gasteiger partial charge in [0, 0.05) is 13.6 Å². The van der Waals surface area contributed by atoms with Crippen molar-refractivity contribution in [2.24, 2.45) is 0 Å². The smallest absolute Gasteiger partial charge is 0.257 e. The summed E-state index contributed by atoms with van der Waals surface area (Å²) in [5.41, 5.74) is 1.42. The Balaban J connectivity index is 1.72. The third-order valence-corrected chi connectivity index (χ3v) is 5.01. The van der Waals surface area contributed by atoms with Crippen LogP contribution in [-0.4, -0.2) is 11.0 Å². The lowest BCUT2D eigenvalue weighted by atomic mass is 10.1. The van der Waals surface area contributed by atoms with Crippen LogP contribution in [0.1, 0.15) is 10.4 Å². The van der Waals surface area contributed by atoms with Gasteiger partial charge in [-0.2, -0.15) is 0 Å². The molecule has 2 N–H and O–H groups in total.